The fourth-order valence-corrected chi connectivity index (χ4v) is 7.87. The van der Waals surface area contributed by atoms with Crippen LogP contribution in [0.15, 0.2) is 59.3 Å². The van der Waals surface area contributed by atoms with Gasteiger partial charge in [0.1, 0.15) is 23.3 Å². The Bertz CT molecular complexity index is 2120. The lowest BCUT2D eigenvalue weighted by molar-refractivity contribution is -0.138. The number of allylic oxidation sites excluding steroid dienone is 2. The van der Waals surface area contributed by atoms with Gasteiger partial charge in [0.15, 0.2) is 0 Å². The first-order chi connectivity index (χ1) is 25.1. The minimum atomic E-state index is -4.51. The first-order valence-electron chi connectivity index (χ1n) is 16.7. The number of H-pyrrole nitrogens is 2. The van der Waals surface area contributed by atoms with Crippen LogP contribution in [0.1, 0.15) is 83.6 Å². The highest BCUT2D eigenvalue weighted by Crippen LogP contribution is 2.54. The number of aromatic nitrogens is 4. The molecule has 2 aromatic heterocycles. The van der Waals surface area contributed by atoms with Crippen LogP contribution < -0.4 is 20.9 Å². The van der Waals surface area contributed by atoms with Gasteiger partial charge >= 0.3 is 12.4 Å². The summed E-state index contributed by atoms with van der Waals surface area (Å²) in [6, 6.07) is 11.8. The SMILES string of the molecule is Cc1cc(C(F)(F)F)cc([C@@]2(C(C)C)C(C#N)=C(N)Oc3n[nH]c(C)c32)c1.Cc1cc(C(F)(F)F)cc([C@]2(C(C)C)C(C#N)=C(N)Oc3n[nH]c(C)c32)c1. The lowest BCUT2D eigenvalue weighted by Crippen LogP contribution is -2.41. The number of benzene rings is 2. The molecular formula is C38H38F6N8O2. The summed E-state index contributed by atoms with van der Waals surface area (Å²) in [7, 11) is 0. The molecule has 0 saturated heterocycles. The van der Waals surface area contributed by atoms with Gasteiger partial charge in [-0.3, -0.25) is 10.2 Å². The maximum absolute atomic E-state index is 13.5. The Morgan fingerprint density at radius 3 is 1.24 bits per heavy atom. The van der Waals surface area contributed by atoms with Gasteiger partial charge in [-0.1, -0.05) is 51.0 Å². The molecule has 4 heterocycles. The molecule has 2 atom stereocenters. The summed E-state index contributed by atoms with van der Waals surface area (Å²) in [5, 5.41) is 33.4. The quantitative estimate of drug-likeness (QED) is 0.151. The highest BCUT2D eigenvalue weighted by Gasteiger charge is 2.53. The number of nitrogens with one attached hydrogen (secondary N) is 2. The zero-order valence-electron chi connectivity index (χ0n) is 30.6. The normalized spacial score (nSPS) is 19.7. The second kappa shape index (κ2) is 13.5. The maximum atomic E-state index is 13.5. The molecule has 2 aliphatic rings. The van der Waals surface area contributed by atoms with Crippen molar-refractivity contribution in [3.05, 3.63) is 115 Å². The first kappa shape index (κ1) is 39.3. The highest BCUT2D eigenvalue weighted by atomic mass is 19.4. The Labute approximate surface area is 307 Å². The Morgan fingerprint density at radius 1 is 0.630 bits per heavy atom. The van der Waals surface area contributed by atoms with E-state index < -0.39 is 34.3 Å². The number of hydrogen-bond donors (Lipinski definition) is 4. The monoisotopic (exact) mass is 752 g/mol. The number of fused-ring (bicyclic) bond motifs is 2. The summed E-state index contributed by atoms with van der Waals surface area (Å²) in [4.78, 5) is 0. The van der Waals surface area contributed by atoms with Crippen molar-refractivity contribution in [3.63, 3.8) is 0 Å². The smallest absolute Gasteiger partial charge is 0.416 e. The van der Waals surface area contributed by atoms with Crippen LogP contribution >= 0.6 is 0 Å². The molecule has 0 unspecified atom stereocenters. The van der Waals surface area contributed by atoms with Crippen LogP contribution in [-0.2, 0) is 23.2 Å². The number of hydrogen-bond acceptors (Lipinski definition) is 8. The summed E-state index contributed by atoms with van der Waals surface area (Å²) < 4.78 is 91.8. The standard InChI is InChI=1S/2C19H19F3N4O/c2*1-9(2)18(12-5-10(3)6-13(7-12)19(20,21)22)14(8-23)16(24)27-17-15(18)11(4)25-26-17/h2*5-7,9H,24H2,1-4H3,(H,25,26)/t2*18-/m10/s1. The van der Waals surface area contributed by atoms with Gasteiger partial charge in [-0.2, -0.15) is 36.9 Å². The second-order valence-corrected chi connectivity index (χ2v) is 14.1. The number of halogens is 6. The Hall–Kier alpha value is -5.90. The zero-order valence-corrected chi connectivity index (χ0v) is 30.6. The number of aryl methyl sites for hydroxylation is 4. The third-order valence-electron chi connectivity index (χ3n) is 9.99. The molecule has 2 aliphatic heterocycles. The van der Waals surface area contributed by atoms with Crippen LogP contribution in [0.25, 0.3) is 0 Å². The molecule has 10 nitrogen and oxygen atoms in total. The number of nitriles is 2. The van der Waals surface area contributed by atoms with Crippen LogP contribution in [0.3, 0.4) is 0 Å². The molecule has 0 radical (unpaired) electrons. The van der Waals surface area contributed by atoms with Crippen molar-refractivity contribution in [3.8, 4) is 23.9 Å². The van der Waals surface area contributed by atoms with Gasteiger partial charge in [0.05, 0.1) is 33.1 Å². The van der Waals surface area contributed by atoms with E-state index in [4.69, 9.17) is 20.9 Å². The summed E-state index contributed by atoms with van der Waals surface area (Å²) in [6.07, 6.45) is -9.03. The molecule has 16 heteroatoms. The predicted octanol–water partition coefficient (Wildman–Crippen LogP) is 8.15. The third-order valence-corrected chi connectivity index (χ3v) is 9.99. The van der Waals surface area contributed by atoms with Crippen molar-refractivity contribution >= 4 is 0 Å². The molecule has 0 fully saturated rings. The number of aromatic amines is 2. The number of alkyl halides is 6. The summed E-state index contributed by atoms with van der Waals surface area (Å²) in [5.41, 5.74) is 12.0. The molecule has 0 bridgehead atoms. The van der Waals surface area contributed by atoms with E-state index in [1.807, 2.05) is 27.7 Å². The van der Waals surface area contributed by atoms with Crippen LogP contribution in [0.4, 0.5) is 26.3 Å². The Balaban J connectivity index is 0.000000208. The second-order valence-electron chi connectivity index (χ2n) is 14.1. The predicted molar refractivity (Wildman–Crippen MR) is 185 cm³/mol. The molecule has 6 N–H and O–H groups in total. The van der Waals surface area contributed by atoms with Gasteiger partial charge in [0.2, 0.25) is 23.5 Å². The number of nitrogens with zero attached hydrogens (tertiary/aromatic N) is 4. The van der Waals surface area contributed by atoms with Gasteiger partial charge in [0, 0.05) is 11.4 Å². The molecule has 0 saturated carbocycles. The van der Waals surface area contributed by atoms with Gasteiger partial charge in [-0.25, -0.2) is 0 Å². The molecule has 0 spiro atoms. The third kappa shape index (κ3) is 6.09. The van der Waals surface area contributed by atoms with Crippen molar-refractivity contribution in [1.82, 2.24) is 20.4 Å². The van der Waals surface area contributed by atoms with Crippen molar-refractivity contribution in [2.75, 3.05) is 0 Å². The number of nitrogens with two attached hydrogens (primary N) is 2. The number of rotatable bonds is 4. The summed E-state index contributed by atoms with van der Waals surface area (Å²) in [5.74, 6) is -0.555. The molecule has 0 amide bonds. The highest BCUT2D eigenvalue weighted by molar-refractivity contribution is 5.64. The van der Waals surface area contributed by atoms with Gasteiger partial charge in [-0.05, 0) is 74.9 Å². The van der Waals surface area contributed by atoms with E-state index in [9.17, 15) is 36.9 Å². The topological polar surface area (TPSA) is 175 Å². The molecular weight excluding hydrogens is 714 g/mol. The van der Waals surface area contributed by atoms with Gasteiger partial charge < -0.3 is 20.9 Å². The van der Waals surface area contributed by atoms with Crippen LogP contribution in [0, 0.1) is 62.2 Å². The minimum absolute atomic E-state index is 0.0771. The molecule has 4 aromatic rings. The van der Waals surface area contributed by atoms with Crippen LogP contribution in [0.2, 0.25) is 0 Å². The van der Waals surface area contributed by atoms with E-state index in [1.165, 1.54) is 0 Å². The fourth-order valence-electron chi connectivity index (χ4n) is 7.87. The van der Waals surface area contributed by atoms with E-state index in [0.717, 1.165) is 24.3 Å². The molecule has 54 heavy (non-hydrogen) atoms. The van der Waals surface area contributed by atoms with E-state index in [1.54, 1.807) is 39.8 Å². The Kier molecular flexibility index (Phi) is 9.83. The average molecular weight is 753 g/mol. The Morgan fingerprint density at radius 2 is 0.963 bits per heavy atom. The zero-order chi connectivity index (χ0) is 40.3. The van der Waals surface area contributed by atoms with Gasteiger partial charge in [-0.15, -0.1) is 10.2 Å². The van der Waals surface area contributed by atoms with Crippen molar-refractivity contribution in [2.24, 2.45) is 23.3 Å². The maximum Gasteiger partial charge on any atom is 0.416 e. The van der Waals surface area contributed by atoms with Crippen LogP contribution in [0.5, 0.6) is 11.8 Å². The minimum Gasteiger partial charge on any atom is -0.420 e. The molecule has 6 rings (SSSR count). The first-order valence-corrected chi connectivity index (χ1v) is 16.7. The summed E-state index contributed by atoms with van der Waals surface area (Å²) in [6.45, 7) is 14.0. The van der Waals surface area contributed by atoms with Crippen molar-refractivity contribution in [1.29, 1.82) is 10.5 Å². The van der Waals surface area contributed by atoms with Gasteiger partial charge in [0.25, 0.3) is 0 Å². The molecule has 284 valence electrons. The average Bonchev–Trinajstić information content (AvgIpc) is 3.63. The lowest BCUT2D eigenvalue weighted by atomic mass is 9.61. The lowest BCUT2D eigenvalue weighted by Gasteiger charge is -2.41. The van der Waals surface area contributed by atoms with E-state index in [0.29, 0.717) is 44.8 Å². The van der Waals surface area contributed by atoms with Crippen molar-refractivity contribution < 1.29 is 35.8 Å². The largest absolute Gasteiger partial charge is 0.420 e. The van der Waals surface area contributed by atoms with Crippen LogP contribution in [-0.4, -0.2) is 20.4 Å². The molecule has 0 aliphatic carbocycles. The van der Waals surface area contributed by atoms with Crippen molar-refractivity contribution in [2.45, 2.75) is 78.6 Å². The van der Waals surface area contributed by atoms with E-state index in [2.05, 4.69) is 32.5 Å². The molecule has 2 aromatic carbocycles. The summed E-state index contributed by atoms with van der Waals surface area (Å²) >= 11 is 0. The fraction of sp³-hybridized carbons (Fsp3) is 0.368. The van der Waals surface area contributed by atoms with E-state index in [-0.39, 0.29) is 46.5 Å². The van der Waals surface area contributed by atoms with E-state index >= 15 is 0 Å². The number of ether oxygens (including phenoxy) is 2.